The number of nitrogens with one attached hydrogen (secondary N) is 1. The molecule has 1 atom stereocenters. The molecule has 1 aromatic rings. The number of hydrogen-bond acceptors (Lipinski definition) is 3. The molecule has 1 aromatic carbocycles. The van der Waals surface area contributed by atoms with E-state index in [-0.39, 0.29) is 18.2 Å². The molecule has 3 N–H and O–H groups in total. The summed E-state index contributed by atoms with van der Waals surface area (Å²) in [5.41, 5.74) is 5.72. The van der Waals surface area contributed by atoms with Crippen molar-refractivity contribution in [1.29, 1.82) is 0 Å². The number of rotatable bonds is 6. The predicted octanol–water partition coefficient (Wildman–Crippen LogP) is 1.43. The van der Waals surface area contributed by atoms with E-state index in [2.05, 4.69) is 5.32 Å². The van der Waals surface area contributed by atoms with Crippen molar-refractivity contribution in [3.05, 3.63) is 29.6 Å². The minimum absolute atomic E-state index is 0.0520. The molecule has 0 aromatic heterocycles. The Bertz CT molecular complexity index is 421. The molecule has 0 saturated carbocycles. The van der Waals surface area contributed by atoms with Gasteiger partial charge in [-0.3, -0.25) is 4.79 Å². The van der Waals surface area contributed by atoms with E-state index >= 15 is 0 Å². The van der Waals surface area contributed by atoms with Gasteiger partial charge in [0.05, 0.1) is 13.2 Å². The molecule has 0 saturated heterocycles. The van der Waals surface area contributed by atoms with Crippen molar-refractivity contribution in [2.24, 2.45) is 11.7 Å². The lowest BCUT2D eigenvalue weighted by Gasteiger charge is -2.19. The van der Waals surface area contributed by atoms with Crippen molar-refractivity contribution < 1.29 is 13.9 Å². The summed E-state index contributed by atoms with van der Waals surface area (Å²) in [6.45, 7) is 3.99. The maximum Gasteiger partial charge on any atom is 0.234 e. The maximum absolute atomic E-state index is 13.8. The van der Waals surface area contributed by atoms with Crippen LogP contribution in [0.5, 0.6) is 5.75 Å². The van der Waals surface area contributed by atoms with Gasteiger partial charge in [0.25, 0.3) is 0 Å². The molecule has 1 unspecified atom stereocenters. The molecule has 0 aliphatic heterocycles. The number of primary amides is 1. The first-order valence-corrected chi connectivity index (χ1v) is 5.81. The van der Waals surface area contributed by atoms with Gasteiger partial charge in [0, 0.05) is 12.1 Å². The lowest BCUT2D eigenvalue weighted by atomic mass is 10.0. The van der Waals surface area contributed by atoms with Crippen molar-refractivity contribution >= 4 is 5.91 Å². The van der Waals surface area contributed by atoms with E-state index in [1.807, 2.05) is 13.8 Å². The van der Waals surface area contributed by atoms with E-state index in [1.165, 1.54) is 7.11 Å². The first-order valence-electron chi connectivity index (χ1n) is 5.81. The third-order valence-corrected chi connectivity index (χ3v) is 2.75. The highest BCUT2D eigenvalue weighted by molar-refractivity contribution is 5.80. The zero-order valence-electron chi connectivity index (χ0n) is 10.9. The third-order valence-electron chi connectivity index (χ3n) is 2.75. The fraction of sp³-hybridized carbons (Fsp3) is 0.462. The molecule has 0 bridgehead atoms. The van der Waals surface area contributed by atoms with Gasteiger partial charge in [0.2, 0.25) is 5.91 Å². The molecule has 0 spiro atoms. The largest absolute Gasteiger partial charge is 0.494 e. The fourth-order valence-electron chi connectivity index (χ4n) is 1.74. The summed E-state index contributed by atoms with van der Waals surface area (Å²) in [6.07, 6.45) is 0. The van der Waals surface area contributed by atoms with Crippen LogP contribution in [0.2, 0.25) is 0 Å². The SMILES string of the molecule is COc1cccc(CNC(C(N)=O)C(C)C)c1F. The van der Waals surface area contributed by atoms with Crippen molar-refractivity contribution in [3.63, 3.8) is 0 Å². The second kappa shape index (κ2) is 6.35. The lowest BCUT2D eigenvalue weighted by molar-refractivity contribution is -0.121. The van der Waals surface area contributed by atoms with Gasteiger partial charge in [-0.15, -0.1) is 0 Å². The normalized spacial score (nSPS) is 12.5. The quantitative estimate of drug-likeness (QED) is 0.807. The highest BCUT2D eigenvalue weighted by Crippen LogP contribution is 2.20. The minimum Gasteiger partial charge on any atom is -0.494 e. The molecule has 18 heavy (non-hydrogen) atoms. The van der Waals surface area contributed by atoms with Crippen molar-refractivity contribution in [2.75, 3.05) is 7.11 Å². The Morgan fingerprint density at radius 1 is 1.50 bits per heavy atom. The number of carbonyl (C=O) groups excluding carboxylic acids is 1. The highest BCUT2D eigenvalue weighted by Gasteiger charge is 2.19. The number of methoxy groups -OCH3 is 1. The van der Waals surface area contributed by atoms with Gasteiger partial charge >= 0.3 is 0 Å². The van der Waals surface area contributed by atoms with Crippen LogP contribution < -0.4 is 15.8 Å². The lowest BCUT2D eigenvalue weighted by Crippen LogP contribution is -2.44. The van der Waals surface area contributed by atoms with Crippen LogP contribution >= 0.6 is 0 Å². The van der Waals surface area contributed by atoms with Crippen LogP contribution in [0.3, 0.4) is 0 Å². The summed E-state index contributed by atoms with van der Waals surface area (Å²) in [4.78, 5) is 11.2. The number of nitrogens with two attached hydrogens (primary N) is 1. The first-order chi connectivity index (χ1) is 8.47. The van der Waals surface area contributed by atoms with Gasteiger partial charge in [0.1, 0.15) is 0 Å². The molecule has 0 aliphatic carbocycles. The molecule has 0 heterocycles. The number of amides is 1. The topological polar surface area (TPSA) is 64.3 Å². The number of hydrogen-bond donors (Lipinski definition) is 2. The Morgan fingerprint density at radius 3 is 2.67 bits per heavy atom. The number of benzene rings is 1. The first kappa shape index (κ1) is 14.4. The Kier molecular flexibility index (Phi) is 5.09. The zero-order valence-corrected chi connectivity index (χ0v) is 10.9. The summed E-state index contributed by atoms with van der Waals surface area (Å²) >= 11 is 0. The average Bonchev–Trinajstić information content (AvgIpc) is 2.30. The standard InChI is InChI=1S/C13H19FN2O2/c1-8(2)12(13(15)17)16-7-9-5-4-6-10(18-3)11(9)14/h4-6,8,12,16H,7H2,1-3H3,(H2,15,17). The van der Waals surface area contributed by atoms with Crippen LogP contribution in [0.15, 0.2) is 18.2 Å². The molecule has 0 aliphatic rings. The van der Waals surface area contributed by atoms with Crippen molar-refractivity contribution in [3.8, 4) is 5.75 Å². The van der Waals surface area contributed by atoms with Crippen LogP contribution in [0, 0.1) is 11.7 Å². The van der Waals surface area contributed by atoms with Gasteiger partial charge in [-0.1, -0.05) is 26.0 Å². The predicted molar refractivity (Wildman–Crippen MR) is 67.6 cm³/mol. The van der Waals surface area contributed by atoms with E-state index in [0.29, 0.717) is 5.56 Å². The second-order valence-corrected chi connectivity index (χ2v) is 4.44. The summed E-state index contributed by atoms with van der Waals surface area (Å²) < 4.78 is 18.7. The highest BCUT2D eigenvalue weighted by atomic mass is 19.1. The van der Waals surface area contributed by atoms with Gasteiger partial charge in [-0.05, 0) is 12.0 Å². The molecule has 100 valence electrons. The van der Waals surface area contributed by atoms with Gasteiger partial charge < -0.3 is 15.8 Å². The van der Waals surface area contributed by atoms with E-state index in [1.54, 1.807) is 18.2 Å². The van der Waals surface area contributed by atoms with Gasteiger partial charge in [-0.25, -0.2) is 4.39 Å². The molecule has 1 amide bonds. The molecule has 1 rings (SSSR count). The van der Waals surface area contributed by atoms with E-state index in [0.717, 1.165) is 0 Å². The van der Waals surface area contributed by atoms with Crippen LogP contribution in [-0.2, 0) is 11.3 Å². The minimum atomic E-state index is -0.476. The molecular weight excluding hydrogens is 235 g/mol. The molecule has 4 nitrogen and oxygen atoms in total. The molecule has 0 fully saturated rings. The van der Waals surface area contributed by atoms with Crippen LogP contribution in [0.25, 0.3) is 0 Å². The van der Waals surface area contributed by atoms with E-state index in [4.69, 9.17) is 10.5 Å². The van der Waals surface area contributed by atoms with Crippen LogP contribution in [0.1, 0.15) is 19.4 Å². The summed E-state index contributed by atoms with van der Waals surface area (Å²) in [6, 6.07) is 4.42. The Labute approximate surface area is 106 Å². The van der Waals surface area contributed by atoms with E-state index < -0.39 is 17.8 Å². The van der Waals surface area contributed by atoms with Crippen LogP contribution in [0.4, 0.5) is 4.39 Å². The smallest absolute Gasteiger partial charge is 0.234 e. The van der Waals surface area contributed by atoms with Crippen molar-refractivity contribution in [1.82, 2.24) is 5.32 Å². The summed E-state index contributed by atoms with van der Waals surface area (Å²) in [5.74, 6) is -0.613. The van der Waals surface area contributed by atoms with E-state index in [9.17, 15) is 9.18 Å². The number of carbonyl (C=O) groups is 1. The zero-order chi connectivity index (χ0) is 13.7. The number of ether oxygens (including phenoxy) is 1. The van der Waals surface area contributed by atoms with Gasteiger partial charge in [-0.2, -0.15) is 0 Å². The molecular formula is C13H19FN2O2. The number of halogens is 1. The monoisotopic (exact) mass is 254 g/mol. The van der Waals surface area contributed by atoms with Crippen molar-refractivity contribution in [2.45, 2.75) is 26.4 Å². The van der Waals surface area contributed by atoms with Crippen LogP contribution in [-0.4, -0.2) is 19.1 Å². The van der Waals surface area contributed by atoms with Gasteiger partial charge in [0.15, 0.2) is 11.6 Å². The Morgan fingerprint density at radius 2 is 2.17 bits per heavy atom. The Hall–Kier alpha value is -1.62. The Balaban J connectivity index is 2.76. The molecule has 0 radical (unpaired) electrons. The second-order valence-electron chi connectivity index (χ2n) is 4.44. The molecule has 5 heteroatoms. The third kappa shape index (κ3) is 3.43. The maximum atomic E-state index is 13.8. The average molecular weight is 254 g/mol. The fourth-order valence-corrected chi connectivity index (χ4v) is 1.74. The summed E-state index contributed by atoms with van der Waals surface area (Å²) in [7, 11) is 1.41. The summed E-state index contributed by atoms with van der Waals surface area (Å²) in [5, 5.41) is 2.96.